The number of phenolic OH excluding ortho intramolecular Hbond substituents is 1. The van der Waals surface area contributed by atoms with E-state index in [2.05, 4.69) is 15.0 Å². The Morgan fingerprint density at radius 3 is 2.83 bits per heavy atom. The second-order valence-electron chi connectivity index (χ2n) is 4.72. The number of hydrogen-bond acceptors (Lipinski definition) is 7. The van der Waals surface area contributed by atoms with Crippen molar-refractivity contribution in [2.75, 3.05) is 16.2 Å². The Kier molecular flexibility index (Phi) is 3.56. The van der Waals surface area contributed by atoms with Gasteiger partial charge in [0, 0.05) is 12.6 Å². The van der Waals surface area contributed by atoms with E-state index in [1.165, 1.54) is 12.3 Å². The molecule has 0 radical (unpaired) electrons. The van der Waals surface area contributed by atoms with Crippen LogP contribution in [-0.4, -0.2) is 31.1 Å². The van der Waals surface area contributed by atoms with E-state index in [0.717, 1.165) is 6.07 Å². The summed E-state index contributed by atoms with van der Waals surface area (Å²) >= 11 is 0. The molecule has 1 aromatic carbocycles. The average molecular weight is 342 g/mol. The van der Waals surface area contributed by atoms with Crippen molar-refractivity contribution in [1.82, 2.24) is 9.88 Å². The van der Waals surface area contributed by atoms with Crippen molar-refractivity contribution in [2.45, 2.75) is 6.54 Å². The van der Waals surface area contributed by atoms with Crippen LogP contribution < -0.4 is 14.3 Å². The molecular formula is C12H11FN4O5S. The third kappa shape index (κ3) is 2.90. The van der Waals surface area contributed by atoms with Gasteiger partial charge in [-0.05, 0) is 17.7 Å². The number of nitrogens with zero attached hydrogens (tertiary/aromatic N) is 2. The van der Waals surface area contributed by atoms with Gasteiger partial charge in [-0.2, -0.15) is 8.42 Å². The van der Waals surface area contributed by atoms with E-state index in [1.807, 2.05) is 0 Å². The molecule has 122 valence electrons. The van der Waals surface area contributed by atoms with Gasteiger partial charge in [-0.3, -0.25) is 4.79 Å². The van der Waals surface area contributed by atoms with Gasteiger partial charge in [0.05, 0.1) is 0 Å². The number of amides is 1. The average Bonchev–Trinajstić information content (AvgIpc) is 3.04. The summed E-state index contributed by atoms with van der Waals surface area (Å²) < 4.78 is 44.5. The first-order chi connectivity index (χ1) is 10.9. The number of aromatic hydroxyl groups is 1. The van der Waals surface area contributed by atoms with Crippen molar-refractivity contribution < 1.29 is 27.2 Å². The van der Waals surface area contributed by atoms with Crippen molar-refractivity contribution in [2.24, 2.45) is 0 Å². The molecule has 0 unspecified atom stereocenters. The maximum Gasteiger partial charge on any atom is 0.326 e. The Morgan fingerprint density at radius 2 is 2.26 bits per heavy atom. The van der Waals surface area contributed by atoms with Crippen LogP contribution >= 0.6 is 0 Å². The van der Waals surface area contributed by atoms with Gasteiger partial charge < -0.3 is 14.9 Å². The van der Waals surface area contributed by atoms with E-state index in [-0.39, 0.29) is 6.54 Å². The van der Waals surface area contributed by atoms with Crippen LogP contribution in [0.3, 0.4) is 0 Å². The summed E-state index contributed by atoms with van der Waals surface area (Å²) in [4.78, 5) is 11.2. The summed E-state index contributed by atoms with van der Waals surface area (Å²) in [5, 5.41) is 16.4. The molecule has 1 fully saturated rings. The molecule has 0 aliphatic carbocycles. The van der Waals surface area contributed by atoms with Crippen LogP contribution in [0.5, 0.6) is 5.75 Å². The minimum Gasteiger partial charge on any atom is -0.506 e. The zero-order chi connectivity index (χ0) is 16.6. The van der Waals surface area contributed by atoms with Gasteiger partial charge in [-0.15, -0.1) is 0 Å². The van der Waals surface area contributed by atoms with E-state index in [4.69, 9.17) is 0 Å². The molecule has 1 aliphatic rings. The van der Waals surface area contributed by atoms with E-state index >= 15 is 0 Å². The minimum atomic E-state index is -4.20. The summed E-state index contributed by atoms with van der Waals surface area (Å²) in [5.41, 5.74) is -0.226. The standard InChI is InChI=1S/C12H11FN4O5S/c13-8-3-7(5-14-10-1-2-22-15-10)4-9(18)12(8)17-6-11(19)16-23(17,20)21/h1-4,18H,5-6H2,(H,14,15)(H,16,19). The van der Waals surface area contributed by atoms with Crippen LogP contribution in [0.1, 0.15) is 5.56 Å². The van der Waals surface area contributed by atoms with Crippen LogP contribution in [0, 0.1) is 5.82 Å². The van der Waals surface area contributed by atoms with Crippen molar-refractivity contribution in [1.29, 1.82) is 0 Å². The molecule has 0 spiro atoms. The quantitative estimate of drug-likeness (QED) is 0.730. The van der Waals surface area contributed by atoms with Crippen LogP contribution in [0.25, 0.3) is 0 Å². The predicted octanol–water partition coefficient (Wildman–Crippen LogP) is 0.312. The first-order valence-corrected chi connectivity index (χ1v) is 7.80. The van der Waals surface area contributed by atoms with Crippen molar-refractivity contribution in [3.63, 3.8) is 0 Å². The molecule has 3 rings (SSSR count). The largest absolute Gasteiger partial charge is 0.506 e. The number of hydrogen-bond donors (Lipinski definition) is 3. The highest BCUT2D eigenvalue weighted by molar-refractivity contribution is 7.92. The van der Waals surface area contributed by atoms with Crippen LogP contribution in [0.2, 0.25) is 0 Å². The number of anilines is 2. The SMILES string of the molecule is O=C1CN(c2c(O)cc(CNc3ccon3)cc2F)S(=O)(=O)N1. The third-order valence-corrected chi connectivity index (χ3v) is 4.46. The molecule has 0 saturated carbocycles. The summed E-state index contributed by atoms with van der Waals surface area (Å²) in [5.74, 6) is -1.95. The van der Waals surface area contributed by atoms with Gasteiger partial charge in [-0.25, -0.2) is 13.4 Å². The van der Waals surface area contributed by atoms with Gasteiger partial charge in [0.1, 0.15) is 24.2 Å². The van der Waals surface area contributed by atoms with Crippen molar-refractivity contribution in [3.8, 4) is 5.75 Å². The zero-order valence-corrected chi connectivity index (χ0v) is 12.3. The second kappa shape index (κ2) is 5.43. The highest BCUT2D eigenvalue weighted by atomic mass is 32.2. The van der Waals surface area contributed by atoms with E-state index in [1.54, 1.807) is 10.8 Å². The maximum atomic E-state index is 14.2. The van der Waals surface area contributed by atoms with Gasteiger partial charge in [0.2, 0.25) is 0 Å². The molecule has 2 heterocycles. The Hall–Kier alpha value is -2.82. The summed E-state index contributed by atoms with van der Waals surface area (Å²) in [7, 11) is -4.20. The molecule has 3 N–H and O–H groups in total. The number of carbonyl (C=O) groups is 1. The van der Waals surface area contributed by atoms with E-state index in [9.17, 15) is 22.7 Å². The first-order valence-electron chi connectivity index (χ1n) is 6.36. The fourth-order valence-corrected chi connectivity index (χ4v) is 3.30. The van der Waals surface area contributed by atoms with E-state index in [0.29, 0.717) is 15.7 Å². The molecule has 2 aromatic rings. The number of halogens is 1. The topological polar surface area (TPSA) is 125 Å². The fourth-order valence-electron chi connectivity index (χ4n) is 2.13. The second-order valence-corrected chi connectivity index (χ2v) is 6.32. The monoisotopic (exact) mass is 342 g/mol. The molecule has 1 aromatic heterocycles. The van der Waals surface area contributed by atoms with E-state index < -0.39 is 39.9 Å². The van der Waals surface area contributed by atoms with Gasteiger partial charge in [-0.1, -0.05) is 5.16 Å². The number of nitrogens with one attached hydrogen (secondary N) is 2. The Morgan fingerprint density at radius 1 is 1.48 bits per heavy atom. The molecule has 1 saturated heterocycles. The number of benzene rings is 1. The Bertz CT molecular complexity index is 829. The summed E-state index contributed by atoms with van der Waals surface area (Å²) in [6.45, 7) is -0.468. The van der Waals surface area contributed by atoms with Gasteiger partial charge in [0.25, 0.3) is 5.91 Å². The van der Waals surface area contributed by atoms with Crippen molar-refractivity contribution in [3.05, 3.63) is 35.8 Å². The van der Waals surface area contributed by atoms with Crippen LogP contribution in [0.15, 0.2) is 29.0 Å². The number of aromatic nitrogens is 1. The molecule has 1 aliphatic heterocycles. The van der Waals surface area contributed by atoms with Gasteiger partial charge in [0.15, 0.2) is 11.6 Å². The highest BCUT2D eigenvalue weighted by Crippen LogP contribution is 2.34. The first kappa shape index (κ1) is 15.1. The zero-order valence-electron chi connectivity index (χ0n) is 11.5. The third-order valence-electron chi connectivity index (χ3n) is 3.08. The molecule has 0 bridgehead atoms. The lowest BCUT2D eigenvalue weighted by molar-refractivity contribution is -0.117. The Labute approximate surface area is 129 Å². The molecule has 23 heavy (non-hydrogen) atoms. The molecule has 1 amide bonds. The number of rotatable bonds is 4. The summed E-state index contributed by atoms with van der Waals surface area (Å²) in [6.07, 6.45) is 1.35. The van der Waals surface area contributed by atoms with Crippen molar-refractivity contribution >= 4 is 27.6 Å². The molecule has 0 atom stereocenters. The van der Waals surface area contributed by atoms with Gasteiger partial charge >= 0.3 is 10.2 Å². The predicted molar refractivity (Wildman–Crippen MR) is 76.3 cm³/mol. The Balaban J connectivity index is 1.87. The maximum absolute atomic E-state index is 14.2. The lowest BCUT2D eigenvalue weighted by Crippen LogP contribution is -2.30. The summed E-state index contributed by atoms with van der Waals surface area (Å²) in [6, 6.07) is 3.81. The van der Waals surface area contributed by atoms with Crippen LogP contribution in [-0.2, 0) is 21.5 Å². The lowest BCUT2D eigenvalue weighted by atomic mass is 10.1. The normalized spacial score (nSPS) is 16.4. The molecule has 11 heteroatoms. The lowest BCUT2D eigenvalue weighted by Gasteiger charge is -2.17. The molecular weight excluding hydrogens is 331 g/mol. The number of carbonyl (C=O) groups excluding carboxylic acids is 1. The number of phenols is 1. The fraction of sp³-hybridized carbons (Fsp3) is 0.167. The van der Waals surface area contributed by atoms with Crippen LogP contribution in [0.4, 0.5) is 15.9 Å². The molecule has 9 nitrogen and oxygen atoms in total. The smallest absolute Gasteiger partial charge is 0.326 e. The minimum absolute atomic E-state index is 0.126. The highest BCUT2D eigenvalue weighted by Gasteiger charge is 2.37.